The predicted octanol–water partition coefficient (Wildman–Crippen LogP) is 3.54. The van der Waals surface area contributed by atoms with Crippen LogP contribution < -0.4 is 15.4 Å². The van der Waals surface area contributed by atoms with E-state index in [9.17, 15) is 22.0 Å². The van der Waals surface area contributed by atoms with Gasteiger partial charge in [-0.2, -0.15) is 0 Å². The van der Waals surface area contributed by atoms with Crippen LogP contribution in [0.15, 0.2) is 56.6 Å². The fourth-order valence-electron chi connectivity index (χ4n) is 2.86. The SMILES string of the molecule is Cc1[nH]c(=O)c(Br)c(OCc2ccc(F)cc2F)c1Cc1ccc(S(N)(=O)=O)cc1. The van der Waals surface area contributed by atoms with Crippen molar-refractivity contribution in [2.75, 3.05) is 0 Å². The van der Waals surface area contributed by atoms with Crippen molar-refractivity contribution >= 4 is 26.0 Å². The van der Waals surface area contributed by atoms with Crippen molar-refractivity contribution in [2.45, 2.75) is 24.8 Å². The van der Waals surface area contributed by atoms with Gasteiger partial charge in [0, 0.05) is 29.3 Å². The van der Waals surface area contributed by atoms with Gasteiger partial charge in [0.15, 0.2) is 0 Å². The molecule has 158 valence electrons. The van der Waals surface area contributed by atoms with Crippen LogP contribution in [0.5, 0.6) is 5.75 Å². The molecule has 1 heterocycles. The van der Waals surface area contributed by atoms with E-state index < -0.39 is 27.2 Å². The molecule has 0 aliphatic carbocycles. The first-order valence-corrected chi connectivity index (χ1v) is 11.0. The minimum Gasteiger partial charge on any atom is -0.487 e. The smallest absolute Gasteiger partial charge is 0.266 e. The van der Waals surface area contributed by atoms with Gasteiger partial charge in [-0.05, 0) is 52.7 Å². The normalized spacial score (nSPS) is 11.5. The van der Waals surface area contributed by atoms with Crippen molar-refractivity contribution in [3.8, 4) is 5.75 Å². The molecular formula is C20H17BrF2N2O4S. The summed E-state index contributed by atoms with van der Waals surface area (Å²) in [6.07, 6.45) is 0.299. The number of pyridine rings is 1. The Morgan fingerprint density at radius 1 is 1.13 bits per heavy atom. The highest BCUT2D eigenvalue weighted by atomic mass is 79.9. The Kier molecular flexibility index (Phi) is 6.39. The van der Waals surface area contributed by atoms with Crippen LogP contribution in [-0.2, 0) is 23.1 Å². The van der Waals surface area contributed by atoms with Gasteiger partial charge in [0.2, 0.25) is 10.0 Å². The fraction of sp³-hybridized carbons (Fsp3) is 0.150. The Hall–Kier alpha value is -2.56. The molecule has 3 aromatic rings. The molecule has 10 heteroatoms. The maximum atomic E-state index is 13.9. The molecular weight excluding hydrogens is 482 g/mol. The quantitative estimate of drug-likeness (QED) is 0.542. The zero-order chi connectivity index (χ0) is 22.1. The second-order valence-corrected chi connectivity index (χ2v) is 8.95. The average molecular weight is 499 g/mol. The van der Waals surface area contributed by atoms with Crippen LogP contribution in [0.1, 0.15) is 22.4 Å². The van der Waals surface area contributed by atoms with Gasteiger partial charge in [-0.25, -0.2) is 22.3 Å². The highest BCUT2D eigenvalue weighted by molar-refractivity contribution is 9.10. The van der Waals surface area contributed by atoms with Gasteiger partial charge in [-0.15, -0.1) is 0 Å². The molecule has 2 aromatic carbocycles. The lowest BCUT2D eigenvalue weighted by molar-refractivity contribution is 0.293. The van der Waals surface area contributed by atoms with Gasteiger partial charge >= 0.3 is 0 Å². The minimum atomic E-state index is -3.81. The van der Waals surface area contributed by atoms with E-state index in [1.807, 2.05) is 0 Å². The number of halogens is 3. The van der Waals surface area contributed by atoms with Crippen LogP contribution in [0.3, 0.4) is 0 Å². The van der Waals surface area contributed by atoms with E-state index in [2.05, 4.69) is 20.9 Å². The number of aryl methyl sites for hydroxylation is 1. The Labute approximate surface area is 179 Å². The summed E-state index contributed by atoms with van der Waals surface area (Å²) in [6, 6.07) is 9.11. The first-order valence-electron chi connectivity index (χ1n) is 8.66. The molecule has 0 fully saturated rings. The number of benzene rings is 2. The first-order chi connectivity index (χ1) is 14.1. The number of ether oxygens (including phenoxy) is 1. The van der Waals surface area contributed by atoms with Crippen molar-refractivity contribution in [3.05, 3.63) is 91.3 Å². The molecule has 0 spiro atoms. The zero-order valence-corrected chi connectivity index (χ0v) is 18.1. The second kappa shape index (κ2) is 8.66. The third-order valence-electron chi connectivity index (χ3n) is 4.45. The van der Waals surface area contributed by atoms with Gasteiger partial charge in [0.05, 0.1) is 4.90 Å². The van der Waals surface area contributed by atoms with E-state index in [1.54, 1.807) is 19.1 Å². The Morgan fingerprint density at radius 2 is 1.80 bits per heavy atom. The van der Waals surface area contributed by atoms with Crippen molar-refractivity contribution < 1.29 is 21.9 Å². The largest absolute Gasteiger partial charge is 0.487 e. The van der Waals surface area contributed by atoms with Crippen LogP contribution in [0.2, 0.25) is 0 Å². The first kappa shape index (κ1) is 22.1. The summed E-state index contributed by atoms with van der Waals surface area (Å²) in [6.45, 7) is 1.47. The van der Waals surface area contributed by atoms with Gasteiger partial charge in [-0.3, -0.25) is 4.79 Å². The Balaban J connectivity index is 1.94. The molecule has 0 radical (unpaired) electrons. The zero-order valence-electron chi connectivity index (χ0n) is 15.7. The van der Waals surface area contributed by atoms with E-state index in [0.29, 0.717) is 17.7 Å². The predicted molar refractivity (Wildman–Crippen MR) is 111 cm³/mol. The molecule has 0 unspecified atom stereocenters. The van der Waals surface area contributed by atoms with Crippen molar-refractivity contribution in [3.63, 3.8) is 0 Å². The molecule has 0 aliphatic rings. The summed E-state index contributed by atoms with van der Waals surface area (Å²) in [5.41, 5.74) is 1.60. The lowest BCUT2D eigenvalue weighted by atomic mass is 10.0. The number of primary sulfonamides is 1. The second-order valence-electron chi connectivity index (χ2n) is 6.59. The van der Waals surface area contributed by atoms with Crippen LogP contribution in [0.4, 0.5) is 8.78 Å². The van der Waals surface area contributed by atoms with E-state index in [0.717, 1.165) is 17.7 Å². The van der Waals surface area contributed by atoms with Crippen molar-refractivity contribution in [1.29, 1.82) is 0 Å². The molecule has 0 bridgehead atoms. The molecule has 6 nitrogen and oxygen atoms in total. The van der Waals surface area contributed by atoms with Crippen LogP contribution in [0.25, 0.3) is 0 Å². The van der Waals surface area contributed by atoms with Crippen LogP contribution >= 0.6 is 15.9 Å². The van der Waals surface area contributed by atoms with E-state index in [4.69, 9.17) is 9.88 Å². The third kappa shape index (κ3) is 4.94. The van der Waals surface area contributed by atoms with Crippen LogP contribution in [-0.4, -0.2) is 13.4 Å². The lowest BCUT2D eigenvalue weighted by Gasteiger charge is -2.16. The summed E-state index contributed by atoms with van der Waals surface area (Å²) in [4.78, 5) is 14.8. The lowest BCUT2D eigenvalue weighted by Crippen LogP contribution is -2.15. The molecule has 0 aliphatic heterocycles. The number of aromatic nitrogens is 1. The number of hydrogen-bond acceptors (Lipinski definition) is 4. The van der Waals surface area contributed by atoms with E-state index in [-0.39, 0.29) is 27.3 Å². The number of nitrogens with one attached hydrogen (secondary N) is 1. The maximum absolute atomic E-state index is 13.9. The van der Waals surface area contributed by atoms with Crippen molar-refractivity contribution in [2.24, 2.45) is 5.14 Å². The van der Waals surface area contributed by atoms with Gasteiger partial charge in [0.25, 0.3) is 5.56 Å². The summed E-state index contributed by atoms with van der Waals surface area (Å²) < 4.78 is 55.8. The minimum absolute atomic E-state index is 0.0196. The van der Waals surface area contributed by atoms with Crippen LogP contribution in [0, 0.1) is 18.6 Å². The third-order valence-corrected chi connectivity index (χ3v) is 6.10. The molecule has 3 N–H and O–H groups in total. The van der Waals surface area contributed by atoms with E-state index >= 15 is 0 Å². The summed E-state index contributed by atoms with van der Waals surface area (Å²) in [7, 11) is -3.81. The number of aromatic amines is 1. The molecule has 3 rings (SSSR count). The number of H-pyrrole nitrogens is 1. The molecule has 0 saturated heterocycles. The van der Waals surface area contributed by atoms with Crippen molar-refractivity contribution in [1.82, 2.24) is 4.98 Å². The Morgan fingerprint density at radius 3 is 2.40 bits per heavy atom. The maximum Gasteiger partial charge on any atom is 0.266 e. The number of sulfonamides is 1. The average Bonchev–Trinajstić information content (AvgIpc) is 2.66. The monoisotopic (exact) mass is 498 g/mol. The Bertz CT molecular complexity index is 1260. The molecule has 0 saturated carbocycles. The molecule has 30 heavy (non-hydrogen) atoms. The summed E-state index contributed by atoms with van der Waals surface area (Å²) in [5.74, 6) is -1.24. The molecule has 0 amide bonds. The summed E-state index contributed by atoms with van der Waals surface area (Å²) in [5, 5.41) is 5.11. The summed E-state index contributed by atoms with van der Waals surface area (Å²) >= 11 is 3.20. The van der Waals surface area contributed by atoms with Gasteiger partial charge in [0.1, 0.15) is 28.5 Å². The molecule has 1 aromatic heterocycles. The van der Waals surface area contributed by atoms with Gasteiger partial charge in [-0.1, -0.05) is 12.1 Å². The van der Waals surface area contributed by atoms with Gasteiger partial charge < -0.3 is 9.72 Å². The standard InChI is InChI=1S/C20H17BrF2N2O4S/c1-11-16(8-12-2-6-15(7-3-12)30(24,27)28)19(18(21)20(26)25-11)29-10-13-4-5-14(22)9-17(13)23/h2-7,9H,8,10H2,1H3,(H,25,26)(H2,24,27,28). The van der Waals surface area contributed by atoms with E-state index in [1.165, 1.54) is 18.2 Å². The highest BCUT2D eigenvalue weighted by Crippen LogP contribution is 2.31. The number of rotatable bonds is 6. The highest BCUT2D eigenvalue weighted by Gasteiger charge is 2.17. The number of nitrogens with two attached hydrogens (primary N) is 1. The number of hydrogen-bond donors (Lipinski definition) is 2. The fourth-order valence-corrected chi connectivity index (χ4v) is 3.83. The molecule has 0 atom stereocenters. The topological polar surface area (TPSA) is 102 Å².